The minimum absolute atomic E-state index is 0. The van der Waals surface area contributed by atoms with Crippen LogP contribution in [0.25, 0.3) is 0 Å². The third-order valence-corrected chi connectivity index (χ3v) is 3.68. The standard InChI is InChI=1S/C16H17BrF2N2O2.C3H5F.CH4/c1-9(18)6-13(10(2)17)11(3)21(4)16(22)14-7-12(19)8-20-15(14)23-5;1-3(2)4;/h6-8,11H,1-2H2,3-5H3;1H2,2H3;1H4/b13-6+;;. The van der Waals surface area contributed by atoms with Crippen LogP contribution < -0.4 is 4.74 Å². The van der Waals surface area contributed by atoms with Crippen LogP contribution in [0.2, 0.25) is 0 Å². The zero-order valence-electron chi connectivity index (χ0n) is 15.7. The highest BCUT2D eigenvalue weighted by molar-refractivity contribution is 9.11. The number of carbonyl (C=O) groups is 1. The monoisotopic (exact) mass is 462 g/mol. The highest BCUT2D eigenvalue weighted by Crippen LogP contribution is 2.26. The molecule has 0 fully saturated rings. The molecule has 0 bridgehead atoms. The first kappa shape index (κ1) is 27.9. The SMILES string of the molecule is C.C=C(C)F.C=C(F)/C=C(\C(=C)Br)C(C)N(C)C(=O)c1cc(F)cnc1OC. The maximum atomic E-state index is 13.4. The lowest BCUT2D eigenvalue weighted by Crippen LogP contribution is -2.36. The highest BCUT2D eigenvalue weighted by Gasteiger charge is 2.25. The maximum Gasteiger partial charge on any atom is 0.259 e. The van der Waals surface area contributed by atoms with Crippen LogP contribution in [0.4, 0.5) is 13.2 Å². The van der Waals surface area contributed by atoms with E-state index in [1.165, 1.54) is 32.1 Å². The summed E-state index contributed by atoms with van der Waals surface area (Å²) in [6.45, 7) is 12.7. The average Bonchev–Trinajstić information content (AvgIpc) is 2.56. The normalized spacial score (nSPS) is 11.2. The Labute approximate surface area is 173 Å². The summed E-state index contributed by atoms with van der Waals surface area (Å²) < 4.78 is 42.7. The van der Waals surface area contributed by atoms with E-state index < -0.39 is 23.6 Å². The number of methoxy groups -OCH3 is 1. The van der Waals surface area contributed by atoms with E-state index in [0.29, 0.717) is 10.1 Å². The van der Waals surface area contributed by atoms with Gasteiger partial charge in [-0.05, 0) is 31.6 Å². The van der Waals surface area contributed by atoms with Crippen LogP contribution in [0.1, 0.15) is 31.6 Å². The van der Waals surface area contributed by atoms with Gasteiger partial charge in [-0.1, -0.05) is 43.1 Å². The van der Waals surface area contributed by atoms with E-state index in [1.54, 1.807) is 6.92 Å². The second-order valence-corrected chi connectivity index (χ2v) is 6.39. The molecule has 1 rings (SSSR count). The smallest absolute Gasteiger partial charge is 0.259 e. The molecule has 4 nitrogen and oxygen atoms in total. The lowest BCUT2D eigenvalue weighted by molar-refractivity contribution is 0.0760. The lowest BCUT2D eigenvalue weighted by Gasteiger charge is -2.27. The van der Waals surface area contributed by atoms with Gasteiger partial charge in [0.15, 0.2) is 0 Å². The van der Waals surface area contributed by atoms with Crippen LogP contribution in [0.15, 0.2) is 59.8 Å². The van der Waals surface area contributed by atoms with Gasteiger partial charge in [-0.2, -0.15) is 0 Å². The van der Waals surface area contributed by atoms with Crippen LogP contribution >= 0.6 is 15.9 Å². The largest absolute Gasteiger partial charge is 0.480 e. The second kappa shape index (κ2) is 12.9. The number of amides is 1. The number of nitrogens with zero attached hydrogens (tertiary/aromatic N) is 2. The van der Waals surface area contributed by atoms with Crippen molar-refractivity contribution in [2.45, 2.75) is 27.3 Å². The van der Waals surface area contributed by atoms with Crippen molar-refractivity contribution in [2.75, 3.05) is 14.2 Å². The molecule has 156 valence electrons. The number of likely N-dealkylation sites (N-methyl/N-ethyl adjacent to an activating group) is 1. The highest BCUT2D eigenvalue weighted by atomic mass is 79.9. The van der Waals surface area contributed by atoms with Gasteiger partial charge in [0, 0.05) is 11.5 Å². The molecule has 0 aliphatic carbocycles. The van der Waals surface area contributed by atoms with Crippen molar-refractivity contribution in [1.82, 2.24) is 9.88 Å². The summed E-state index contributed by atoms with van der Waals surface area (Å²) in [7, 11) is 2.83. The number of halogens is 4. The molecular weight excluding hydrogens is 437 g/mol. The van der Waals surface area contributed by atoms with Crippen LogP contribution in [0.5, 0.6) is 5.88 Å². The Hall–Kier alpha value is -2.35. The topological polar surface area (TPSA) is 42.4 Å². The summed E-state index contributed by atoms with van der Waals surface area (Å²) in [6, 6.07) is 0.493. The Morgan fingerprint density at radius 3 is 2.25 bits per heavy atom. The predicted octanol–water partition coefficient (Wildman–Crippen LogP) is 6.13. The van der Waals surface area contributed by atoms with Gasteiger partial charge in [-0.25, -0.2) is 18.2 Å². The van der Waals surface area contributed by atoms with Gasteiger partial charge < -0.3 is 9.64 Å². The minimum Gasteiger partial charge on any atom is -0.480 e. The van der Waals surface area contributed by atoms with Gasteiger partial charge in [0.25, 0.3) is 5.91 Å². The average molecular weight is 463 g/mol. The third-order valence-electron chi connectivity index (χ3n) is 3.22. The molecule has 28 heavy (non-hydrogen) atoms. The molecule has 8 heteroatoms. The lowest BCUT2D eigenvalue weighted by atomic mass is 10.1. The Morgan fingerprint density at radius 2 is 1.86 bits per heavy atom. The number of rotatable bonds is 6. The zero-order chi connectivity index (χ0) is 21.3. The Bertz CT molecular complexity index is 760. The predicted molar refractivity (Wildman–Crippen MR) is 111 cm³/mol. The number of carbonyl (C=O) groups excluding carboxylic acids is 1. The fraction of sp³-hybridized carbons (Fsp3) is 0.300. The molecule has 1 amide bonds. The van der Waals surface area contributed by atoms with E-state index in [1.807, 2.05) is 0 Å². The van der Waals surface area contributed by atoms with E-state index >= 15 is 0 Å². The van der Waals surface area contributed by atoms with Gasteiger partial charge in [0.2, 0.25) is 5.88 Å². The number of hydrogen-bond acceptors (Lipinski definition) is 3. The fourth-order valence-electron chi connectivity index (χ4n) is 1.91. The van der Waals surface area contributed by atoms with E-state index in [9.17, 15) is 18.0 Å². The summed E-state index contributed by atoms with van der Waals surface area (Å²) in [4.78, 5) is 17.6. The molecule has 0 saturated heterocycles. The number of pyridine rings is 1. The Morgan fingerprint density at radius 1 is 1.36 bits per heavy atom. The van der Waals surface area contributed by atoms with Gasteiger partial charge in [0.1, 0.15) is 17.2 Å². The summed E-state index contributed by atoms with van der Waals surface area (Å²) in [6.07, 6.45) is 2.13. The molecular formula is C20H26BrF3N2O2. The van der Waals surface area contributed by atoms with Gasteiger partial charge >= 0.3 is 0 Å². The Balaban J connectivity index is 0. The molecule has 0 spiro atoms. The van der Waals surface area contributed by atoms with E-state index in [-0.39, 0.29) is 24.7 Å². The molecule has 1 aromatic rings. The van der Waals surface area contributed by atoms with Gasteiger partial charge in [-0.15, -0.1) is 0 Å². The van der Waals surface area contributed by atoms with E-state index in [2.05, 4.69) is 40.7 Å². The summed E-state index contributed by atoms with van der Waals surface area (Å²) in [5.41, 5.74) is 0.400. The molecule has 0 saturated carbocycles. The Kier molecular flexibility index (Phi) is 12.9. The fourth-order valence-corrected chi connectivity index (χ4v) is 2.36. The molecule has 0 radical (unpaired) electrons. The van der Waals surface area contributed by atoms with Crippen molar-refractivity contribution in [3.05, 3.63) is 71.2 Å². The molecule has 1 unspecified atom stereocenters. The number of allylic oxidation sites excluding steroid dienone is 3. The van der Waals surface area contributed by atoms with Gasteiger partial charge in [0.05, 0.1) is 25.2 Å². The van der Waals surface area contributed by atoms with Crippen LogP contribution in [0, 0.1) is 5.82 Å². The van der Waals surface area contributed by atoms with E-state index in [0.717, 1.165) is 12.3 Å². The quantitative estimate of drug-likeness (QED) is 0.477. The molecule has 1 atom stereocenters. The van der Waals surface area contributed by atoms with Crippen molar-refractivity contribution in [2.24, 2.45) is 0 Å². The number of aromatic nitrogens is 1. The number of hydrogen-bond donors (Lipinski definition) is 0. The van der Waals surface area contributed by atoms with Gasteiger partial charge in [-0.3, -0.25) is 4.79 Å². The van der Waals surface area contributed by atoms with Crippen molar-refractivity contribution >= 4 is 21.8 Å². The first-order valence-corrected chi connectivity index (χ1v) is 8.40. The molecule has 0 aliphatic heterocycles. The molecule has 1 aromatic heterocycles. The van der Waals surface area contributed by atoms with Crippen molar-refractivity contribution < 1.29 is 22.7 Å². The van der Waals surface area contributed by atoms with Crippen LogP contribution in [-0.2, 0) is 0 Å². The third kappa shape index (κ3) is 9.03. The van der Waals surface area contributed by atoms with Crippen molar-refractivity contribution in [1.29, 1.82) is 0 Å². The van der Waals surface area contributed by atoms with Crippen molar-refractivity contribution in [3.8, 4) is 5.88 Å². The molecule has 1 heterocycles. The first-order valence-electron chi connectivity index (χ1n) is 7.60. The molecule has 0 aromatic carbocycles. The van der Waals surface area contributed by atoms with Crippen LogP contribution in [0.3, 0.4) is 0 Å². The maximum absolute atomic E-state index is 13.4. The summed E-state index contributed by atoms with van der Waals surface area (Å²) >= 11 is 3.18. The zero-order valence-corrected chi connectivity index (χ0v) is 17.2. The number of ether oxygens (including phenoxy) is 1. The van der Waals surface area contributed by atoms with Crippen LogP contribution in [-0.4, -0.2) is 36.0 Å². The minimum atomic E-state index is -0.668. The van der Waals surface area contributed by atoms with E-state index in [4.69, 9.17) is 4.74 Å². The molecule has 0 N–H and O–H groups in total. The van der Waals surface area contributed by atoms with Crippen molar-refractivity contribution in [3.63, 3.8) is 0 Å². The summed E-state index contributed by atoms with van der Waals surface area (Å²) in [5, 5.41) is 0. The second-order valence-electron chi connectivity index (χ2n) is 5.43. The summed E-state index contributed by atoms with van der Waals surface area (Å²) in [5.74, 6) is -2.18. The first-order chi connectivity index (χ1) is 12.4. The molecule has 0 aliphatic rings.